The van der Waals surface area contributed by atoms with E-state index in [0.29, 0.717) is 21.6 Å². The summed E-state index contributed by atoms with van der Waals surface area (Å²) in [4.78, 5) is 21.0. The molecule has 0 aliphatic rings. The lowest BCUT2D eigenvalue weighted by Crippen LogP contribution is -2.29. The number of aryl methyl sites for hydroxylation is 2. The van der Waals surface area contributed by atoms with Crippen LogP contribution < -0.4 is 4.90 Å². The highest BCUT2D eigenvalue weighted by atomic mass is 35.5. The van der Waals surface area contributed by atoms with Gasteiger partial charge in [0.2, 0.25) is 0 Å². The lowest BCUT2D eigenvalue weighted by Gasteiger charge is -2.19. The highest BCUT2D eigenvalue weighted by Crippen LogP contribution is 2.39. The number of hydrogen-bond donors (Lipinski definition) is 0. The molecule has 31 heavy (non-hydrogen) atoms. The predicted molar refractivity (Wildman–Crippen MR) is 133 cm³/mol. The first-order chi connectivity index (χ1) is 15.0. The minimum atomic E-state index is -0.121. The topological polar surface area (TPSA) is 33.2 Å². The number of hydrogen-bond acceptors (Lipinski definition) is 4. The van der Waals surface area contributed by atoms with Crippen molar-refractivity contribution in [3.63, 3.8) is 0 Å². The number of aromatic nitrogens is 1. The Kier molecular flexibility index (Phi) is 5.26. The molecule has 0 saturated heterocycles. The van der Waals surface area contributed by atoms with Gasteiger partial charge in [-0.25, -0.2) is 4.98 Å². The fourth-order valence-electron chi connectivity index (χ4n) is 3.63. The Bertz CT molecular complexity index is 1380. The first kappa shape index (κ1) is 20.2. The second-order valence-electron chi connectivity index (χ2n) is 7.49. The molecule has 154 valence electrons. The third-order valence-electron chi connectivity index (χ3n) is 5.32. The highest BCUT2D eigenvalue weighted by molar-refractivity contribution is 7.23. The largest absolute Gasteiger partial charge is 0.279 e. The summed E-state index contributed by atoms with van der Waals surface area (Å²) < 4.78 is 2.12. The predicted octanol–water partition coefficient (Wildman–Crippen LogP) is 7.63. The lowest BCUT2D eigenvalue weighted by atomic mass is 10.1. The van der Waals surface area contributed by atoms with Crippen molar-refractivity contribution in [3.8, 4) is 0 Å². The van der Waals surface area contributed by atoms with Crippen LogP contribution in [0.25, 0.3) is 20.3 Å². The molecule has 5 rings (SSSR count). The van der Waals surface area contributed by atoms with Crippen molar-refractivity contribution in [1.82, 2.24) is 4.98 Å². The number of benzene rings is 3. The van der Waals surface area contributed by atoms with E-state index in [9.17, 15) is 4.79 Å². The van der Waals surface area contributed by atoms with Crippen LogP contribution in [0.4, 0.5) is 5.13 Å². The SMILES string of the molecule is Cc1ccc(C)c2sc(N(Cc3ccccc3)C(=O)c3sc4ccccc4c3Cl)nc12. The number of carbonyl (C=O) groups is 1. The summed E-state index contributed by atoms with van der Waals surface area (Å²) in [5.74, 6) is -0.121. The molecule has 0 aliphatic carbocycles. The van der Waals surface area contributed by atoms with Crippen LogP contribution in [0.3, 0.4) is 0 Å². The van der Waals surface area contributed by atoms with Gasteiger partial charge in [0.15, 0.2) is 5.13 Å². The van der Waals surface area contributed by atoms with E-state index >= 15 is 0 Å². The number of halogens is 1. The number of amides is 1. The van der Waals surface area contributed by atoms with Crippen LogP contribution in [0.5, 0.6) is 0 Å². The summed E-state index contributed by atoms with van der Waals surface area (Å²) in [5, 5.41) is 2.11. The Labute approximate surface area is 193 Å². The van der Waals surface area contributed by atoms with Gasteiger partial charge < -0.3 is 0 Å². The average molecular weight is 463 g/mol. The molecule has 1 amide bonds. The van der Waals surface area contributed by atoms with Gasteiger partial charge in [0.05, 0.1) is 21.8 Å². The number of anilines is 1. The molecule has 2 aromatic heterocycles. The number of nitrogens with zero attached hydrogens (tertiary/aromatic N) is 2. The molecule has 3 aromatic carbocycles. The third-order valence-corrected chi connectivity index (χ3v) is 8.20. The molecule has 5 aromatic rings. The van der Waals surface area contributed by atoms with E-state index in [2.05, 4.69) is 26.0 Å². The Morgan fingerprint density at radius 1 is 0.935 bits per heavy atom. The molecule has 0 atom stereocenters. The van der Waals surface area contributed by atoms with Gasteiger partial charge in [-0.15, -0.1) is 11.3 Å². The van der Waals surface area contributed by atoms with E-state index in [1.165, 1.54) is 11.3 Å². The average Bonchev–Trinajstić information content (AvgIpc) is 3.38. The Morgan fingerprint density at radius 3 is 2.39 bits per heavy atom. The number of fused-ring (bicyclic) bond motifs is 2. The number of rotatable bonds is 4. The zero-order chi connectivity index (χ0) is 21.5. The number of carbonyl (C=O) groups excluding carboxylic acids is 1. The van der Waals surface area contributed by atoms with E-state index in [1.54, 1.807) is 16.2 Å². The maximum Gasteiger partial charge on any atom is 0.272 e. The maximum atomic E-state index is 13.8. The van der Waals surface area contributed by atoms with E-state index in [0.717, 1.165) is 37.0 Å². The molecule has 0 fully saturated rings. The first-order valence-electron chi connectivity index (χ1n) is 9.92. The lowest BCUT2D eigenvalue weighted by molar-refractivity contribution is 0.0989. The molecular weight excluding hydrogens is 444 g/mol. The van der Waals surface area contributed by atoms with E-state index in [4.69, 9.17) is 16.6 Å². The summed E-state index contributed by atoms with van der Waals surface area (Å²) in [5.41, 5.74) is 4.26. The summed E-state index contributed by atoms with van der Waals surface area (Å²) >= 11 is 9.65. The van der Waals surface area contributed by atoms with Gasteiger partial charge >= 0.3 is 0 Å². The second kappa shape index (κ2) is 8.08. The molecule has 0 aliphatic heterocycles. The van der Waals surface area contributed by atoms with Gasteiger partial charge in [-0.05, 0) is 36.6 Å². The van der Waals surface area contributed by atoms with Crippen molar-refractivity contribution >= 4 is 65.6 Å². The fourth-order valence-corrected chi connectivity index (χ4v) is 6.20. The molecule has 0 radical (unpaired) electrons. The van der Waals surface area contributed by atoms with Gasteiger partial charge in [0.1, 0.15) is 4.88 Å². The zero-order valence-electron chi connectivity index (χ0n) is 17.1. The smallest absolute Gasteiger partial charge is 0.272 e. The Hall–Kier alpha value is -2.73. The highest BCUT2D eigenvalue weighted by Gasteiger charge is 2.26. The van der Waals surface area contributed by atoms with Crippen molar-refractivity contribution in [2.24, 2.45) is 0 Å². The fraction of sp³-hybridized carbons (Fsp3) is 0.120. The summed E-state index contributed by atoms with van der Waals surface area (Å²) in [6, 6.07) is 22.0. The minimum Gasteiger partial charge on any atom is -0.279 e. The van der Waals surface area contributed by atoms with Gasteiger partial charge in [0, 0.05) is 10.1 Å². The van der Waals surface area contributed by atoms with Gasteiger partial charge in [0.25, 0.3) is 5.91 Å². The molecule has 6 heteroatoms. The van der Waals surface area contributed by atoms with Crippen molar-refractivity contribution in [2.75, 3.05) is 4.90 Å². The van der Waals surface area contributed by atoms with E-state index in [1.807, 2.05) is 54.6 Å². The zero-order valence-corrected chi connectivity index (χ0v) is 19.4. The molecule has 0 spiro atoms. The van der Waals surface area contributed by atoms with Crippen molar-refractivity contribution in [1.29, 1.82) is 0 Å². The van der Waals surface area contributed by atoms with Crippen LogP contribution in [0.15, 0.2) is 66.7 Å². The summed E-state index contributed by atoms with van der Waals surface area (Å²) in [6.45, 7) is 4.57. The van der Waals surface area contributed by atoms with Crippen LogP contribution in [-0.2, 0) is 6.54 Å². The molecule has 2 heterocycles. The normalized spacial score (nSPS) is 11.3. The minimum absolute atomic E-state index is 0.121. The van der Waals surface area contributed by atoms with Crippen molar-refractivity contribution < 1.29 is 4.79 Å². The van der Waals surface area contributed by atoms with Crippen molar-refractivity contribution in [3.05, 3.63) is 93.3 Å². The Morgan fingerprint density at radius 2 is 1.65 bits per heavy atom. The van der Waals surface area contributed by atoms with Crippen LogP contribution in [0, 0.1) is 13.8 Å². The number of thiazole rings is 1. The summed E-state index contributed by atoms with van der Waals surface area (Å²) in [7, 11) is 0. The van der Waals surface area contributed by atoms with Gasteiger partial charge in [-0.1, -0.05) is 83.6 Å². The molecule has 0 N–H and O–H groups in total. The van der Waals surface area contributed by atoms with Gasteiger partial charge in [-0.2, -0.15) is 0 Å². The molecule has 0 saturated carbocycles. The maximum absolute atomic E-state index is 13.8. The van der Waals surface area contributed by atoms with Crippen LogP contribution in [0.1, 0.15) is 26.4 Å². The second-order valence-corrected chi connectivity index (χ2v) is 9.90. The summed E-state index contributed by atoms with van der Waals surface area (Å²) in [6.07, 6.45) is 0. The van der Waals surface area contributed by atoms with E-state index in [-0.39, 0.29) is 5.91 Å². The van der Waals surface area contributed by atoms with E-state index < -0.39 is 0 Å². The first-order valence-corrected chi connectivity index (χ1v) is 11.9. The monoisotopic (exact) mass is 462 g/mol. The Balaban J connectivity index is 1.65. The van der Waals surface area contributed by atoms with Gasteiger partial charge in [-0.3, -0.25) is 9.69 Å². The van der Waals surface area contributed by atoms with Crippen LogP contribution in [0.2, 0.25) is 5.02 Å². The van der Waals surface area contributed by atoms with Crippen LogP contribution >= 0.6 is 34.3 Å². The molecular formula is C25H19ClN2OS2. The van der Waals surface area contributed by atoms with Crippen molar-refractivity contribution in [2.45, 2.75) is 20.4 Å². The number of thiophene rings is 1. The van der Waals surface area contributed by atoms with Crippen LogP contribution in [-0.4, -0.2) is 10.9 Å². The molecule has 0 unspecified atom stereocenters. The molecule has 0 bridgehead atoms. The third kappa shape index (κ3) is 3.63. The standard InChI is InChI=1S/C25H19ClN2OS2/c1-15-12-13-16(2)22-21(15)27-25(31-22)28(14-17-8-4-3-5-9-17)24(29)23-20(26)18-10-6-7-11-19(18)30-23/h3-13H,14H2,1-2H3. The quantitative estimate of drug-likeness (QED) is 0.275. The molecule has 3 nitrogen and oxygen atoms in total.